The van der Waals surface area contributed by atoms with Crippen LogP contribution in [0.25, 0.3) is 0 Å². The Morgan fingerprint density at radius 1 is 1.44 bits per heavy atom. The second-order valence-electron chi connectivity index (χ2n) is 3.80. The number of ether oxygens (including phenoxy) is 1. The van der Waals surface area contributed by atoms with E-state index in [1.165, 1.54) is 11.1 Å². The van der Waals surface area contributed by atoms with Crippen molar-refractivity contribution < 1.29 is 9.53 Å². The van der Waals surface area contributed by atoms with Gasteiger partial charge in [-0.2, -0.15) is 0 Å². The Morgan fingerprint density at radius 3 is 2.69 bits per heavy atom. The zero-order chi connectivity index (χ0) is 12.1. The fourth-order valence-electron chi connectivity index (χ4n) is 1.77. The molecule has 0 aromatic heterocycles. The summed E-state index contributed by atoms with van der Waals surface area (Å²) >= 11 is 0. The van der Waals surface area contributed by atoms with Gasteiger partial charge in [-0.15, -0.1) is 0 Å². The number of aryl methyl sites for hydroxylation is 2. The van der Waals surface area contributed by atoms with Gasteiger partial charge in [-0.3, -0.25) is 0 Å². The normalized spacial score (nSPS) is 9.94. The smallest absolute Gasteiger partial charge is 0.312 e. The van der Waals surface area contributed by atoms with E-state index >= 15 is 0 Å². The molecule has 0 spiro atoms. The van der Waals surface area contributed by atoms with E-state index < -0.39 is 6.03 Å². The van der Waals surface area contributed by atoms with Crippen molar-refractivity contribution in [2.45, 2.75) is 20.3 Å². The van der Waals surface area contributed by atoms with Crippen LogP contribution in [-0.2, 0) is 6.42 Å². The van der Waals surface area contributed by atoms with Crippen molar-refractivity contribution in [2.24, 2.45) is 5.73 Å². The minimum absolute atomic E-state index is 0.497. The molecule has 0 bridgehead atoms. The molecule has 2 amide bonds. The zero-order valence-corrected chi connectivity index (χ0v) is 9.96. The molecular formula is C12H18N2O2. The molecule has 16 heavy (non-hydrogen) atoms. The SMILES string of the molecule is COc1cc(C)cc(C)c1CCNC(N)=O. The van der Waals surface area contributed by atoms with E-state index in [0.717, 1.165) is 17.7 Å². The van der Waals surface area contributed by atoms with Crippen molar-refractivity contribution in [2.75, 3.05) is 13.7 Å². The molecule has 0 atom stereocenters. The predicted octanol–water partition coefficient (Wildman–Crippen LogP) is 1.52. The van der Waals surface area contributed by atoms with Gasteiger partial charge in [-0.25, -0.2) is 4.79 Å². The van der Waals surface area contributed by atoms with Gasteiger partial charge in [0, 0.05) is 6.54 Å². The van der Waals surface area contributed by atoms with Crippen molar-refractivity contribution in [3.63, 3.8) is 0 Å². The fraction of sp³-hybridized carbons (Fsp3) is 0.417. The number of amides is 2. The van der Waals surface area contributed by atoms with E-state index in [2.05, 4.69) is 11.4 Å². The number of carbonyl (C=O) groups excluding carboxylic acids is 1. The molecule has 0 saturated carbocycles. The fourth-order valence-corrected chi connectivity index (χ4v) is 1.77. The summed E-state index contributed by atoms with van der Waals surface area (Å²) < 4.78 is 5.32. The van der Waals surface area contributed by atoms with Gasteiger partial charge < -0.3 is 15.8 Å². The second-order valence-corrected chi connectivity index (χ2v) is 3.80. The summed E-state index contributed by atoms with van der Waals surface area (Å²) in [5, 5.41) is 2.57. The standard InChI is InChI=1S/C12H18N2O2/c1-8-6-9(2)10(11(7-8)16-3)4-5-14-12(13)15/h6-7H,4-5H2,1-3H3,(H3,13,14,15). The van der Waals surface area contributed by atoms with Gasteiger partial charge in [-0.1, -0.05) is 6.07 Å². The van der Waals surface area contributed by atoms with E-state index in [1.54, 1.807) is 7.11 Å². The number of hydrogen-bond acceptors (Lipinski definition) is 2. The van der Waals surface area contributed by atoms with E-state index in [9.17, 15) is 4.79 Å². The Balaban J connectivity index is 2.81. The summed E-state index contributed by atoms with van der Waals surface area (Å²) in [6, 6.07) is 3.60. The number of nitrogens with two attached hydrogens (primary N) is 1. The van der Waals surface area contributed by atoms with Crippen LogP contribution in [0.2, 0.25) is 0 Å². The Morgan fingerprint density at radius 2 is 2.12 bits per heavy atom. The van der Waals surface area contributed by atoms with Crippen molar-refractivity contribution in [3.05, 3.63) is 28.8 Å². The third-order valence-corrected chi connectivity index (χ3v) is 2.47. The lowest BCUT2D eigenvalue weighted by atomic mass is 10.0. The van der Waals surface area contributed by atoms with Gasteiger partial charge in [0.2, 0.25) is 0 Å². The summed E-state index contributed by atoms with van der Waals surface area (Å²) in [5.74, 6) is 0.865. The highest BCUT2D eigenvalue weighted by atomic mass is 16.5. The second kappa shape index (κ2) is 5.39. The van der Waals surface area contributed by atoms with Gasteiger partial charge in [0.05, 0.1) is 7.11 Å². The molecule has 1 aromatic rings. The highest BCUT2D eigenvalue weighted by molar-refractivity contribution is 5.71. The molecule has 4 nitrogen and oxygen atoms in total. The van der Waals surface area contributed by atoms with E-state index in [0.29, 0.717) is 6.54 Å². The molecular weight excluding hydrogens is 204 g/mol. The molecule has 0 heterocycles. The van der Waals surface area contributed by atoms with Crippen molar-refractivity contribution >= 4 is 6.03 Å². The van der Waals surface area contributed by atoms with Crippen LogP contribution in [0, 0.1) is 13.8 Å². The highest BCUT2D eigenvalue weighted by Gasteiger charge is 2.07. The molecule has 3 N–H and O–H groups in total. The quantitative estimate of drug-likeness (QED) is 0.811. The lowest BCUT2D eigenvalue weighted by Crippen LogP contribution is -2.31. The lowest BCUT2D eigenvalue weighted by Gasteiger charge is -2.13. The predicted molar refractivity (Wildman–Crippen MR) is 63.8 cm³/mol. The largest absolute Gasteiger partial charge is 0.496 e. The topological polar surface area (TPSA) is 64.3 Å². The Hall–Kier alpha value is -1.71. The molecule has 0 unspecified atom stereocenters. The first-order chi connectivity index (χ1) is 7.54. The molecule has 1 aromatic carbocycles. The maximum atomic E-state index is 10.6. The first-order valence-corrected chi connectivity index (χ1v) is 5.22. The average molecular weight is 222 g/mol. The van der Waals surface area contributed by atoms with Gasteiger partial charge in [0.15, 0.2) is 0 Å². The molecule has 4 heteroatoms. The van der Waals surface area contributed by atoms with Gasteiger partial charge in [-0.05, 0) is 43.0 Å². The van der Waals surface area contributed by atoms with Crippen LogP contribution < -0.4 is 15.8 Å². The molecule has 0 aliphatic rings. The lowest BCUT2D eigenvalue weighted by molar-refractivity contribution is 0.249. The molecule has 88 valence electrons. The molecule has 1 rings (SSSR count). The number of primary amides is 1. The van der Waals surface area contributed by atoms with E-state index in [1.807, 2.05) is 19.9 Å². The van der Waals surface area contributed by atoms with E-state index in [4.69, 9.17) is 10.5 Å². The zero-order valence-electron chi connectivity index (χ0n) is 9.96. The molecule has 0 aliphatic carbocycles. The number of rotatable bonds is 4. The maximum Gasteiger partial charge on any atom is 0.312 e. The van der Waals surface area contributed by atoms with Gasteiger partial charge in [0.25, 0.3) is 0 Å². The first-order valence-electron chi connectivity index (χ1n) is 5.22. The summed E-state index contributed by atoms with van der Waals surface area (Å²) in [6.45, 7) is 4.59. The van der Waals surface area contributed by atoms with Crippen LogP contribution >= 0.6 is 0 Å². The monoisotopic (exact) mass is 222 g/mol. The van der Waals surface area contributed by atoms with Crippen LogP contribution in [0.1, 0.15) is 16.7 Å². The number of hydrogen-bond donors (Lipinski definition) is 2. The van der Waals surface area contributed by atoms with Gasteiger partial charge >= 0.3 is 6.03 Å². The highest BCUT2D eigenvalue weighted by Crippen LogP contribution is 2.24. The summed E-state index contributed by atoms with van der Waals surface area (Å²) in [4.78, 5) is 10.6. The number of nitrogens with one attached hydrogen (secondary N) is 1. The number of methoxy groups -OCH3 is 1. The molecule has 0 fully saturated rings. The number of carbonyl (C=O) groups is 1. The Labute approximate surface area is 95.8 Å². The average Bonchev–Trinajstić information content (AvgIpc) is 2.20. The van der Waals surface area contributed by atoms with Crippen LogP contribution in [-0.4, -0.2) is 19.7 Å². The van der Waals surface area contributed by atoms with Crippen LogP contribution in [0.15, 0.2) is 12.1 Å². The minimum atomic E-state index is -0.497. The number of urea groups is 1. The summed E-state index contributed by atoms with van der Waals surface area (Å²) in [7, 11) is 1.65. The van der Waals surface area contributed by atoms with Crippen LogP contribution in [0.5, 0.6) is 5.75 Å². The molecule has 0 saturated heterocycles. The summed E-state index contributed by atoms with van der Waals surface area (Å²) in [5.41, 5.74) is 8.46. The maximum absolute atomic E-state index is 10.6. The Bertz CT molecular complexity index is 389. The number of benzene rings is 1. The van der Waals surface area contributed by atoms with Crippen molar-refractivity contribution in [3.8, 4) is 5.75 Å². The van der Waals surface area contributed by atoms with E-state index in [-0.39, 0.29) is 0 Å². The third-order valence-electron chi connectivity index (χ3n) is 2.47. The van der Waals surface area contributed by atoms with Crippen molar-refractivity contribution in [1.82, 2.24) is 5.32 Å². The summed E-state index contributed by atoms with van der Waals surface area (Å²) in [6.07, 6.45) is 0.720. The Kier molecular flexibility index (Phi) is 4.17. The first kappa shape index (κ1) is 12.4. The molecule has 0 aliphatic heterocycles. The van der Waals surface area contributed by atoms with Crippen molar-refractivity contribution in [1.29, 1.82) is 0 Å². The van der Waals surface area contributed by atoms with Crippen LogP contribution in [0.4, 0.5) is 4.79 Å². The van der Waals surface area contributed by atoms with Crippen LogP contribution in [0.3, 0.4) is 0 Å². The molecule has 0 radical (unpaired) electrons. The third kappa shape index (κ3) is 3.15. The minimum Gasteiger partial charge on any atom is -0.496 e. The van der Waals surface area contributed by atoms with Gasteiger partial charge in [0.1, 0.15) is 5.75 Å².